The van der Waals surface area contributed by atoms with Crippen LogP contribution >= 0.6 is 0 Å². The molecule has 0 radical (unpaired) electrons. The van der Waals surface area contributed by atoms with Crippen molar-refractivity contribution in [2.24, 2.45) is 0 Å². The van der Waals surface area contributed by atoms with Crippen molar-refractivity contribution in [1.82, 2.24) is 0 Å². The smallest absolute Gasteiger partial charge is 0.145 e. The molecule has 0 aliphatic heterocycles. The first-order valence-electron chi connectivity index (χ1n) is 4.39. The molecule has 0 bridgehead atoms. The Morgan fingerprint density at radius 2 is 1.77 bits per heavy atom. The second kappa shape index (κ2) is 3.69. The van der Waals surface area contributed by atoms with E-state index in [1.54, 1.807) is 7.11 Å². The average Bonchev–Trinajstić information content (AvgIpc) is 2.02. The van der Waals surface area contributed by atoms with E-state index in [2.05, 4.69) is 30.9 Å². The molecule has 0 spiro atoms. The van der Waals surface area contributed by atoms with Gasteiger partial charge in [-0.1, -0.05) is 6.07 Å². The Morgan fingerprint density at radius 3 is 2.23 bits per heavy atom. The first-order valence-corrected chi connectivity index (χ1v) is 4.39. The van der Waals surface area contributed by atoms with E-state index >= 15 is 0 Å². The molecule has 2 nitrogen and oxygen atoms in total. The van der Waals surface area contributed by atoms with E-state index in [1.165, 1.54) is 11.1 Å². The maximum absolute atomic E-state index is 5.35. The van der Waals surface area contributed by atoms with E-state index in [9.17, 15) is 0 Å². The van der Waals surface area contributed by atoms with Gasteiger partial charge < -0.3 is 9.64 Å². The van der Waals surface area contributed by atoms with Gasteiger partial charge in [0.2, 0.25) is 0 Å². The van der Waals surface area contributed by atoms with Gasteiger partial charge in [0, 0.05) is 14.1 Å². The fourth-order valence-corrected chi connectivity index (χ4v) is 1.53. The van der Waals surface area contributed by atoms with Crippen LogP contribution in [-0.4, -0.2) is 21.2 Å². The number of nitrogens with zero attached hydrogens (tertiary/aromatic N) is 1. The van der Waals surface area contributed by atoms with E-state index < -0.39 is 0 Å². The average molecular weight is 179 g/mol. The molecule has 72 valence electrons. The number of methoxy groups -OCH3 is 1. The van der Waals surface area contributed by atoms with Crippen LogP contribution in [-0.2, 0) is 0 Å². The Bertz CT molecular complexity index is 305. The summed E-state index contributed by atoms with van der Waals surface area (Å²) < 4.78 is 5.35. The predicted octanol–water partition coefficient (Wildman–Crippen LogP) is 2.38. The van der Waals surface area contributed by atoms with Gasteiger partial charge in [-0.15, -0.1) is 0 Å². The molecule has 0 amide bonds. The van der Waals surface area contributed by atoms with Gasteiger partial charge in [-0.25, -0.2) is 0 Å². The number of hydrogen-bond acceptors (Lipinski definition) is 2. The first kappa shape index (κ1) is 9.90. The molecule has 0 aliphatic rings. The predicted molar refractivity (Wildman–Crippen MR) is 56.8 cm³/mol. The zero-order valence-electron chi connectivity index (χ0n) is 9.01. The third-order valence-electron chi connectivity index (χ3n) is 2.09. The highest BCUT2D eigenvalue weighted by Gasteiger charge is 2.08. The van der Waals surface area contributed by atoms with Gasteiger partial charge >= 0.3 is 0 Å². The van der Waals surface area contributed by atoms with Gasteiger partial charge in [0.25, 0.3) is 0 Å². The molecule has 0 N–H and O–H groups in total. The molecule has 0 fully saturated rings. The Kier molecular flexibility index (Phi) is 2.81. The second-order valence-corrected chi connectivity index (χ2v) is 3.53. The molecule has 1 aromatic rings. The van der Waals surface area contributed by atoms with Crippen LogP contribution in [0.15, 0.2) is 12.1 Å². The van der Waals surface area contributed by atoms with Crippen LogP contribution in [0.25, 0.3) is 0 Å². The third kappa shape index (κ3) is 1.94. The zero-order valence-corrected chi connectivity index (χ0v) is 9.01. The highest BCUT2D eigenvalue weighted by atomic mass is 16.5. The number of hydrogen-bond donors (Lipinski definition) is 0. The Morgan fingerprint density at radius 1 is 1.15 bits per heavy atom. The summed E-state index contributed by atoms with van der Waals surface area (Å²) in [5.74, 6) is 0.968. The molecule has 0 heterocycles. The molecule has 0 saturated carbocycles. The summed E-state index contributed by atoms with van der Waals surface area (Å²) in [6, 6.07) is 4.26. The standard InChI is InChI=1S/C11H17NO/c1-8-6-9(2)11(13-5)10(7-8)12(3)4/h6-7H,1-5H3. The molecule has 13 heavy (non-hydrogen) atoms. The lowest BCUT2D eigenvalue weighted by Crippen LogP contribution is -2.11. The molecular formula is C11H17NO. The molecule has 0 aromatic heterocycles. The van der Waals surface area contributed by atoms with Crippen molar-refractivity contribution in [3.05, 3.63) is 23.3 Å². The van der Waals surface area contributed by atoms with Crippen LogP contribution in [0.2, 0.25) is 0 Å². The number of rotatable bonds is 2. The molecule has 2 heteroatoms. The molecule has 0 atom stereocenters. The fourth-order valence-electron chi connectivity index (χ4n) is 1.53. The first-order chi connectivity index (χ1) is 6.06. The van der Waals surface area contributed by atoms with Gasteiger partial charge in [-0.05, 0) is 31.0 Å². The number of aryl methyl sites for hydroxylation is 2. The number of anilines is 1. The van der Waals surface area contributed by atoms with E-state index in [4.69, 9.17) is 4.74 Å². The molecule has 0 saturated heterocycles. The van der Waals surface area contributed by atoms with Crippen LogP contribution in [0.3, 0.4) is 0 Å². The van der Waals surface area contributed by atoms with E-state index in [1.807, 2.05) is 14.1 Å². The lowest BCUT2D eigenvalue weighted by atomic mass is 10.1. The fraction of sp³-hybridized carbons (Fsp3) is 0.455. The lowest BCUT2D eigenvalue weighted by Gasteiger charge is -2.19. The SMILES string of the molecule is COc1c(C)cc(C)cc1N(C)C. The molecule has 0 aliphatic carbocycles. The minimum absolute atomic E-state index is 0.968. The summed E-state index contributed by atoms with van der Waals surface area (Å²) in [7, 11) is 5.76. The number of benzene rings is 1. The third-order valence-corrected chi connectivity index (χ3v) is 2.09. The van der Waals surface area contributed by atoms with Gasteiger partial charge in [0.1, 0.15) is 5.75 Å². The van der Waals surface area contributed by atoms with Gasteiger partial charge in [-0.3, -0.25) is 0 Å². The highest BCUT2D eigenvalue weighted by molar-refractivity contribution is 5.62. The van der Waals surface area contributed by atoms with Crippen molar-refractivity contribution in [3.63, 3.8) is 0 Å². The summed E-state index contributed by atoms with van der Waals surface area (Å²) >= 11 is 0. The lowest BCUT2D eigenvalue weighted by molar-refractivity contribution is 0.412. The Hall–Kier alpha value is -1.18. The van der Waals surface area contributed by atoms with E-state index in [0.29, 0.717) is 0 Å². The van der Waals surface area contributed by atoms with E-state index in [0.717, 1.165) is 11.4 Å². The van der Waals surface area contributed by atoms with Gasteiger partial charge in [0.15, 0.2) is 0 Å². The monoisotopic (exact) mass is 179 g/mol. The van der Waals surface area contributed by atoms with Crippen LogP contribution in [0.5, 0.6) is 5.75 Å². The van der Waals surface area contributed by atoms with Gasteiger partial charge in [-0.2, -0.15) is 0 Å². The Labute approximate surface area is 80.1 Å². The normalized spacial score (nSPS) is 9.92. The summed E-state index contributed by atoms with van der Waals surface area (Å²) in [4.78, 5) is 2.07. The molecule has 1 rings (SSSR count). The zero-order chi connectivity index (χ0) is 10.0. The quantitative estimate of drug-likeness (QED) is 0.691. The maximum Gasteiger partial charge on any atom is 0.145 e. The largest absolute Gasteiger partial charge is 0.494 e. The Balaban J connectivity index is 3.29. The highest BCUT2D eigenvalue weighted by Crippen LogP contribution is 2.31. The van der Waals surface area contributed by atoms with Crippen LogP contribution in [0, 0.1) is 13.8 Å². The topological polar surface area (TPSA) is 12.5 Å². The minimum atomic E-state index is 0.968. The van der Waals surface area contributed by atoms with E-state index in [-0.39, 0.29) is 0 Å². The second-order valence-electron chi connectivity index (χ2n) is 3.53. The van der Waals surface area contributed by atoms with Crippen molar-refractivity contribution in [1.29, 1.82) is 0 Å². The maximum atomic E-state index is 5.35. The molecule has 1 aromatic carbocycles. The summed E-state index contributed by atoms with van der Waals surface area (Å²) in [5, 5.41) is 0. The van der Waals surface area contributed by atoms with Gasteiger partial charge in [0.05, 0.1) is 12.8 Å². The van der Waals surface area contributed by atoms with Crippen molar-refractivity contribution in [2.75, 3.05) is 26.1 Å². The summed E-state index contributed by atoms with van der Waals surface area (Å²) in [6.07, 6.45) is 0. The van der Waals surface area contributed by atoms with Crippen molar-refractivity contribution < 1.29 is 4.74 Å². The van der Waals surface area contributed by atoms with Crippen LogP contribution in [0.1, 0.15) is 11.1 Å². The molecular weight excluding hydrogens is 162 g/mol. The van der Waals surface area contributed by atoms with Crippen molar-refractivity contribution in [2.45, 2.75) is 13.8 Å². The van der Waals surface area contributed by atoms with Crippen LogP contribution in [0.4, 0.5) is 5.69 Å². The van der Waals surface area contributed by atoms with Crippen molar-refractivity contribution >= 4 is 5.69 Å². The van der Waals surface area contributed by atoms with Crippen molar-refractivity contribution in [3.8, 4) is 5.75 Å². The summed E-state index contributed by atoms with van der Waals surface area (Å²) in [6.45, 7) is 4.16. The minimum Gasteiger partial charge on any atom is -0.494 e. The number of ether oxygens (including phenoxy) is 1. The molecule has 0 unspecified atom stereocenters. The summed E-state index contributed by atoms with van der Waals surface area (Å²) in [5.41, 5.74) is 3.59. The van der Waals surface area contributed by atoms with Crippen LogP contribution < -0.4 is 9.64 Å².